The largest absolute Gasteiger partial charge is 0.336 e. The van der Waals surface area contributed by atoms with Crippen LogP contribution in [0.2, 0.25) is 0 Å². The first-order valence-electron chi connectivity index (χ1n) is 8.09. The molecule has 0 aromatic carbocycles. The van der Waals surface area contributed by atoms with Gasteiger partial charge in [0.2, 0.25) is 0 Å². The van der Waals surface area contributed by atoms with Crippen molar-refractivity contribution in [2.24, 2.45) is 0 Å². The Morgan fingerprint density at radius 2 is 2.20 bits per heavy atom. The van der Waals surface area contributed by atoms with Crippen LogP contribution in [0.15, 0.2) is 0 Å². The molecule has 0 saturated carbocycles. The monoisotopic (exact) mass is 299 g/mol. The zero-order valence-electron chi connectivity index (χ0n) is 12.9. The zero-order chi connectivity index (χ0) is 14.4. The third kappa shape index (κ3) is 4.55. The summed E-state index contributed by atoms with van der Waals surface area (Å²) in [6.45, 7) is 6.64. The Bertz CT molecular complexity index is 313. The lowest BCUT2D eigenvalue weighted by Gasteiger charge is -2.32. The van der Waals surface area contributed by atoms with Gasteiger partial charge in [0.25, 0.3) is 0 Å². The van der Waals surface area contributed by atoms with Gasteiger partial charge in [-0.05, 0) is 50.7 Å². The van der Waals surface area contributed by atoms with E-state index in [-0.39, 0.29) is 12.1 Å². The summed E-state index contributed by atoms with van der Waals surface area (Å²) in [6.07, 6.45) is 6.03. The molecule has 116 valence electrons. The zero-order valence-corrected chi connectivity index (χ0v) is 13.7. The van der Waals surface area contributed by atoms with Crippen molar-refractivity contribution in [1.29, 1.82) is 0 Å². The summed E-state index contributed by atoms with van der Waals surface area (Å²) in [5, 5.41) is 6.28. The van der Waals surface area contributed by atoms with Crippen LogP contribution in [0.25, 0.3) is 0 Å². The van der Waals surface area contributed by atoms with Crippen LogP contribution >= 0.6 is 11.8 Å². The Kier molecular flexibility index (Phi) is 6.49. The lowest BCUT2D eigenvalue weighted by Crippen LogP contribution is -2.51. The van der Waals surface area contributed by atoms with Crippen molar-refractivity contribution in [3.8, 4) is 0 Å². The van der Waals surface area contributed by atoms with E-state index >= 15 is 0 Å². The van der Waals surface area contributed by atoms with E-state index in [2.05, 4.69) is 29.4 Å². The predicted molar refractivity (Wildman–Crippen MR) is 86.4 cm³/mol. The van der Waals surface area contributed by atoms with E-state index in [1.807, 2.05) is 11.8 Å². The molecule has 5 heteroatoms. The van der Waals surface area contributed by atoms with E-state index in [4.69, 9.17) is 0 Å². The minimum Gasteiger partial charge on any atom is -0.336 e. The average Bonchev–Trinajstić information content (AvgIpc) is 2.82. The Morgan fingerprint density at radius 1 is 1.35 bits per heavy atom. The number of hydrogen-bond acceptors (Lipinski definition) is 3. The predicted octanol–water partition coefficient (Wildman–Crippen LogP) is 2.44. The summed E-state index contributed by atoms with van der Waals surface area (Å²) >= 11 is 1.93. The SMILES string of the molecule is CCSCC[C@H](C)NC(=O)N[C@@H]1CCN2CCCC[C@@H]12. The summed E-state index contributed by atoms with van der Waals surface area (Å²) in [5.41, 5.74) is 0. The molecule has 0 spiro atoms. The van der Waals surface area contributed by atoms with Gasteiger partial charge < -0.3 is 10.6 Å². The van der Waals surface area contributed by atoms with E-state index in [0.29, 0.717) is 12.1 Å². The van der Waals surface area contributed by atoms with Crippen LogP contribution < -0.4 is 10.6 Å². The van der Waals surface area contributed by atoms with Crippen molar-refractivity contribution >= 4 is 17.8 Å². The molecule has 0 radical (unpaired) electrons. The van der Waals surface area contributed by atoms with E-state index in [0.717, 1.165) is 30.9 Å². The smallest absolute Gasteiger partial charge is 0.315 e. The molecular weight excluding hydrogens is 270 g/mol. The van der Waals surface area contributed by atoms with Gasteiger partial charge in [0, 0.05) is 24.7 Å². The highest BCUT2D eigenvalue weighted by atomic mass is 32.2. The van der Waals surface area contributed by atoms with Crippen molar-refractivity contribution in [3.63, 3.8) is 0 Å². The normalized spacial score (nSPS) is 27.9. The van der Waals surface area contributed by atoms with Crippen LogP contribution in [0.5, 0.6) is 0 Å². The number of nitrogens with zero attached hydrogens (tertiary/aromatic N) is 1. The number of fused-ring (bicyclic) bond motifs is 1. The fraction of sp³-hybridized carbons (Fsp3) is 0.933. The second kappa shape index (κ2) is 8.13. The Morgan fingerprint density at radius 3 is 3.00 bits per heavy atom. The van der Waals surface area contributed by atoms with Gasteiger partial charge in [-0.3, -0.25) is 4.90 Å². The quantitative estimate of drug-likeness (QED) is 0.741. The van der Waals surface area contributed by atoms with Crippen molar-refractivity contribution < 1.29 is 4.79 Å². The maximum atomic E-state index is 12.1. The number of thioether (sulfide) groups is 1. The van der Waals surface area contributed by atoms with E-state index < -0.39 is 0 Å². The Labute approximate surface area is 127 Å². The molecule has 0 unspecified atom stereocenters. The van der Waals surface area contributed by atoms with Gasteiger partial charge in [-0.25, -0.2) is 4.79 Å². The topological polar surface area (TPSA) is 44.4 Å². The summed E-state index contributed by atoms with van der Waals surface area (Å²) in [6, 6.07) is 1.22. The summed E-state index contributed by atoms with van der Waals surface area (Å²) in [7, 11) is 0. The molecule has 2 N–H and O–H groups in total. The molecule has 2 saturated heterocycles. The lowest BCUT2D eigenvalue weighted by molar-refractivity contribution is 0.178. The van der Waals surface area contributed by atoms with Crippen molar-refractivity contribution in [2.45, 2.75) is 64.1 Å². The molecule has 2 fully saturated rings. The van der Waals surface area contributed by atoms with Gasteiger partial charge in [-0.1, -0.05) is 13.3 Å². The number of piperidine rings is 1. The molecule has 0 aromatic heterocycles. The van der Waals surface area contributed by atoms with Crippen LogP contribution in [0.1, 0.15) is 46.0 Å². The van der Waals surface area contributed by atoms with Gasteiger partial charge >= 0.3 is 6.03 Å². The number of urea groups is 1. The number of amides is 2. The van der Waals surface area contributed by atoms with E-state index in [9.17, 15) is 4.79 Å². The fourth-order valence-corrected chi connectivity index (χ4v) is 4.14. The Hall–Kier alpha value is -0.420. The standard InChI is InChI=1S/C15H29N3OS/c1-3-20-11-8-12(2)16-15(19)17-13-7-10-18-9-5-4-6-14(13)18/h12-14H,3-11H2,1-2H3,(H2,16,17,19)/t12-,13+,14-/m0/s1. The third-order valence-electron chi connectivity index (χ3n) is 4.45. The highest BCUT2D eigenvalue weighted by molar-refractivity contribution is 7.99. The fourth-order valence-electron chi connectivity index (χ4n) is 3.33. The number of rotatable bonds is 6. The molecule has 0 aromatic rings. The van der Waals surface area contributed by atoms with E-state index in [1.54, 1.807) is 0 Å². The molecule has 2 rings (SSSR count). The van der Waals surface area contributed by atoms with Gasteiger partial charge in [0.1, 0.15) is 0 Å². The van der Waals surface area contributed by atoms with Crippen molar-refractivity contribution in [2.75, 3.05) is 24.6 Å². The number of carbonyl (C=O) groups is 1. The molecule has 2 heterocycles. The van der Waals surface area contributed by atoms with Crippen LogP contribution in [-0.2, 0) is 0 Å². The first-order valence-corrected chi connectivity index (χ1v) is 9.25. The molecule has 0 bridgehead atoms. The second-order valence-corrected chi connectivity index (χ2v) is 7.39. The average molecular weight is 299 g/mol. The summed E-state index contributed by atoms with van der Waals surface area (Å²) in [5.74, 6) is 2.27. The third-order valence-corrected chi connectivity index (χ3v) is 5.38. The van der Waals surface area contributed by atoms with Gasteiger partial charge in [0.15, 0.2) is 0 Å². The van der Waals surface area contributed by atoms with Crippen molar-refractivity contribution in [1.82, 2.24) is 15.5 Å². The molecule has 20 heavy (non-hydrogen) atoms. The van der Waals surface area contributed by atoms with Gasteiger partial charge in [0.05, 0.1) is 0 Å². The maximum absolute atomic E-state index is 12.1. The van der Waals surface area contributed by atoms with Crippen LogP contribution in [0.3, 0.4) is 0 Å². The minimum atomic E-state index is 0.0245. The molecule has 2 amide bonds. The first-order chi connectivity index (χ1) is 9.70. The highest BCUT2D eigenvalue weighted by Crippen LogP contribution is 2.26. The van der Waals surface area contributed by atoms with Crippen LogP contribution in [0.4, 0.5) is 4.79 Å². The molecule has 2 aliphatic rings. The molecule has 3 atom stereocenters. The molecule has 2 aliphatic heterocycles. The second-order valence-electron chi connectivity index (χ2n) is 6.00. The molecule has 4 nitrogen and oxygen atoms in total. The molecular formula is C15H29N3OS. The molecule has 0 aliphatic carbocycles. The summed E-state index contributed by atoms with van der Waals surface area (Å²) in [4.78, 5) is 14.6. The minimum absolute atomic E-state index is 0.0245. The number of hydrogen-bond donors (Lipinski definition) is 2. The summed E-state index contributed by atoms with van der Waals surface area (Å²) < 4.78 is 0. The highest BCUT2D eigenvalue weighted by Gasteiger charge is 2.36. The maximum Gasteiger partial charge on any atom is 0.315 e. The lowest BCUT2D eigenvalue weighted by atomic mass is 9.99. The van der Waals surface area contributed by atoms with Gasteiger partial charge in [-0.2, -0.15) is 11.8 Å². The van der Waals surface area contributed by atoms with E-state index in [1.165, 1.54) is 25.8 Å². The van der Waals surface area contributed by atoms with Crippen molar-refractivity contribution in [3.05, 3.63) is 0 Å². The van der Waals surface area contributed by atoms with Crippen LogP contribution in [-0.4, -0.2) is 53.7 Å². The number of nitrogens with one attached hydrogen (secondary N) is 2. The van der Waals surface area contributed by atoms with Gasteiger partial charge in [-0.15, -0.1) is 0 Å². The first kappa shape index (κ1) is 16.0. The Balaban J connectivity index is 1.69. The number of carbonyl (C=O) groups excluding carboxylic acids is 1. The van der Waals surface area contributed by atoms with Crippen LogP contribution in [0, 0.1) is 0 Å².